The highest BCUT2D eigenvalue weighted by Gasteiger charge is 2.37. The van der Waals surface area contributed by atoms with Gasteiger partial charge in [-0.15, -0.1) is 0 Å². The molecule has 1 amide bonds. The average molecular weight is 543 g/mol. The Morgan fingerprint density at radius 3 is 2.42 bits per heavy atom. The number of aliphatic carboxylic acids is 1. The molecule has 2 heterocycles. The van der Waals surface area contributed by atoms with Crippen molar-refractivity contribution in [2.24, 2.45) is 5.92 Å². The van der Waals surface area contributed by atoms with Crippen molar-refractivity contribution in [3.05, 3.63) is 88.2 Å². The van der Waals surface area contributed by atoms with Crippen molar-refractivity contribution in [2.75, 3.05) is 18.0 Å². The number of nitro groups is 1. The number of amides is 1. The Morgan fingerprint density at radius 1 is 1.02 bits per heavy atom. The molecule has 0 bridgehead atoms. The largest absolute Gasteiger partial charge is 0.481 e. The summed E-state index contributed by atoms with van der Waals surface area (Å²) in [6.07, 6.45) is 8.95. The number of carbonyl (C=O) groups is 2. The van der Waals surface area contributed by atoms with E-state index in [0.29, 0.717) is 11.3 Å². The van der Waals surface area contributed by atoms with Crippen molar-refractivity contribution < 1.29 is 19.6 Å². The molecule has 0 spiro atoms. The van der Waals surface area contributed by atoms with Gasteiger partial charge in [0, 0.05) is 44.0 Å². The lowest BCUT2D eigenvalue weighted by molar-refractivity contribution is -0.384. The number of hydrogen-bond acceptors (Lipinski definition) is 6. The third-order valence-corrected chi connectivity index (χ3v) is 7.76. The van der Waals surface area contributed by atoms with Crippen molar-refractivity contribution in [3.63, 3.8) is 0 Å². The molecule has 1 aliphatic heterocycles. The van der Waals surface area contributed by atoms with Crippen molar-refractivity contribution in [3.8, 4) is 11.1 Å². The molecule has 5 rings (SSSR count). The zero-order chi connectivity index (χ0) is 28.1. The molecule has 1 aromatic heterocycles. The molecule has 1 N–H and O–H groups in total. The molecular formula is C31H34N4O5. The van der Waals surface area contributed by atoms with Gasteiger partial charge in [-0.3, -0.25) is 24.7 Å². The van der Waals surface area contributed by atoms with Crippen molar-refractivity contribution in [2.45, 2.75) is 57.5 Å². The fourth-order valence-electron chi connectivity index (χ4n) is 5.53. The minimum atomic E-state index is -0.993. The van der Waals surface area contributed by atoms with E-state index in [1.807, 2.05) is 36.4 Å². The van der Waals surface area contributed by atoms with E-state index in [4.69, 9.17) is 0 Å². The second kappa shape index (κ2) is 12.3. The van der Waals surface area contributed by atoms with E-state index >= 15 is 0 Å². The topological polar surface area (TPSA) is 117 Å². The fourth-order valence-corrected chi connectivity index (χ4v) is 5.53. The Labute approximate surface area is 233 Å². The molecule has 2 aliphatic rings. The summed E-state index contributed by atoms with van der Waals surface area (Å²) in [6.45, 7) is 1.86. The lowest BCUT2D eigenvalue weighted by atomic mass is 9.99. The van der Waals surface area contributed by atoms with Crippen LogP contribution in [0, 0.1) is 16.0 Å². The van der Waals surface area contributed by atoms with Crippen LogP contribution < -0.4 is 4.90 Å². The SMILES string of the molecule is O=C(O)CC(c1cccnc1)N(Cc1cccc(-c2ccc(N3CCCCCC3)c([N+](=O)[O-])c2)c1)C(=O)C1CC1. The summed E-state index contributed by atoms with van der Waals surface area (Å²) in [7, 11) is 0. The van der Waals surface area contributed by atoms with Gasteiger partial charge in [0.05, 0.1) is 17.4 Å². The lowest BCUT2D eigenvalue weighted by Crippen LogP contribution is -2.36. The Bertz CT molecular complexity index is 1370. The van der Waals surface area contributed by atoms with Gasteiger partial charge in [0.15, 0.2) is 0 Å². The first-order valence-corrected chi connectivity index (χ1v) is 14.0. The maximum atomic E-state index is 13.4. The molecule has 1 unspecified atom stereocenters. The van der Waals surface area contributed by atoms with Gasteiger partial charge in [0.1, 0.15) is 5.69 Å². The number of anilines is 1. The van der Waals surface area contributed by atoms with Crippen LogP contribution in [0.5, 0.6) is 0 Å². The molecule has 9 nitrogen and oxygen atoms in total. The number of hydrogen-bond donors (Lipinski definition) is 1. The van der Waals surface area contributed by atoms with E-state index in [-0.39, 0.29) is 35.4 Å². The zero-order valence-corrected chi connectivity index (χ0v) is 22.4. The number of carbonyl (C=O) groups excluding carboxylic acids is 1. The maximum Gasteiger partial charge on any atom is 0.305 e. The predicted molar refractivity (Wildman–Crippen MR) is 152 cm³/mol. The highest BCUT2D eigenvalue weighted by Crippen LogP contribution is 2.37. The smallest absolute Gasteiger partial charge is 0.305 e. The van der Waals surface area contributed by atoms with Crippen LogP contribution in [0.1, 0.15) is 62.1 Å². The van der Waals surface area contributed by atoms with Crippen LogP contribution in [-0.2, 0) is 16.1 Å². The minimum Gasteiger partial charge on any atom is -0.481 e. The number of benzene rings is 2. The highest BCUT2D eigenvalue weighted by molar-refractivity contribution is 5.82. The average Bonchev–Trinajstić information content (AvgIpc) is 3.83. The number of carboxylic acids is 1. The summed E-state index contributed by atoms with van der Waals surface area (Å²) in [6, 6.07) is 15.9. The second-order valence-electron chi connectivity index (χ2n) is 10.7. The lowest BCUT2D eigenvalue weighted by Gasteiger charge is -2.32. The van der Waals surface area contributed by atoms with Gasteiger partial charge in [-0.25, -0.2) is 0 Å². The number of aromatic nitrogens is 1. The normalized spacial score (nSPS) is 16.1. The van der Waals surface area contributed by atoms with E-state index < -0.39 is 12.0 Å². The van der Waals surface area contributed by atoms with Gasteiger partial charge in [0.2, 0.25) is 5.91 Å². The Morgan fingerprint density at radius 2 is 1.77 bits per heavy atom. The number of nitro benzene ring substituents is 1. The standard InChI is InChI=1S/C31H34N4O5/c36-30(37)19-28(26-9-6-14-32-20-26)34(31(38)23-10-11-23)21-22-7-5-8-24(17-22)25-12-13-27(29(18-25)35(39)40)33-15-3-1-2-4-16-33/h5-9,12-14,17-18,20,23,28H,1-4,10-11,15-16,19,21H2,(H,36,37). The fraction of sp³-hybridized carbons (Fsp3) is 0.387. The monoisotopic (exact) mass is 542 g/mol. The highest BCUT2D eigenvalue weighted by atomic mass is 16.6. The molecule has 1 aliphatic carbocycles. The summed E-state index contributed by atoms with van der Waals surface area (Å²) in [5, 5.41) is 21.7. The second-order valence-corrected chi connectivity index (χ2v) is 10.7. The van der Waals surface area contributed by atoms with E-state index in [1.54, 1.807) is 35.5 Å². The summed E-state index contributed by atoms with van der Waals surface area (Å²) in [5.74, 6) is -1.14. The van der Waals surface area contributed by atoms with Gasteiger partial charge in [-0.05, 0) is 66.1 Å². The van der Waals surface area contributed by atoms with Crippen molar-refractivity contribution in [1.29, 1.82) is 0 Å². The summed E-state index contributed by atoms with van der Waals surface area (Å²) in [4.78, 5) is 44.9. The summed E-state index contributed by atoms with van der Waals surface area (Å²) in [5.41, 5.74) is 3.77. The number of carboxylic acid groups (broad SMARTS) is 1. The number of nitrogens with zero attached hydrogens (tertiary/aromatic N) is 4. The van der Waals surface area contributed by atoms with Gasteiger partial charge < -0.3 is 14.9 Å². The van der Waals surface area contributed by atoms with Crippen LogP contribution in [0.2, 0.25) is 0 Å². The number of pyridine rings is 1. The molecule has 1 atom stereocenters. The molecule has 9 heteroatoms. The third kappa shape index (κ3) is 6.47. The van der Waals surface area contributed by atoms with E-state index in [0.717, 1.165) is 68.3 Å². The Kier molecular flexibility index (Phi) is 8.38. The molecule has 0 radical (unpaired) electrons. The molecule has 3 aromatic rings. The van der Waals surface area contributed by atoms with Crippen LogP contribution in [-0.4, -0.2) is 44.9 Å². The van der Waals surface area contributed by atoms with Crippen LogP contribution >= 0.6 is 0 Å². The van der Waals surface area contributed by atoms with Gasteiger partial charge in [-0.2, -0.15) is 0 Å². The third-order valence-electron chi connectivity index (χ3n) is 7.76. The van der Waals surface area contributed by atoms with Crippen LogP contribution in [0.25, 0.3) is 11.1 Å². The molecule has 1 saturated heterocycles. The molecule has 2 aromatic carbocycles. The maximum absolute atomic E-state index is 13.4. The number of rotatable bonds is 10. The first-order chi connectivity index (χ1) is 19.4. The van der Waals surface area contributed by atoms with Crippen LogP contribution in [0.15, 0.2) is 67.0 Å². The quantitative estimate of drug-likeness (QED) is 0.247. The predicted octanol–water partition coefficient (Wildman–Crippen LogP) is 5.99. The molecule has 208 valence electrons. The van der Waals surface area contributed by atoms with Crippen LogP contribution in [0.4, 0.5) is 11.4 Å². The first kappa shape index (κ1) is 27.3. The van der Waals surface area contributed by atoms with Crippen LogP contribution in [0.3, 0.4) is 0 Å². The van der Waals surface area contributed by atoms with E-state index in [9.17, 15) is 24.8 Å². The molecule has 1 saturated carbocycles. The Balaban J connectivity index is 1.45. The van der Waals surface area contributed by atoms with Crippen molar-refractivity contribution >= 4 is 23.3 Å². The van der Waals surface area contributed by atoms with Crippen molar-refractivity contribution in [1.82, 2.24) is 9.88 Å². The van der Waals surface area contributed by atoms with Gasteiger partial charge >= 0.3 is 5.97 Å². The van der Waals surface area contributed by atoms with Gasteiger partial charge in [-0.1, -0.05) is 43.2 Å². The Hall–Kier alpha value is -4.27. The summed E-state index contributed by atoms with van der Waals surface area (Å²) >= 11 is 0. The summed E-state index contributed by atoms with van der Waals surface area (Å²) < 4.78 is 0. The molecule has 40 heavy (non-hydrogen) atoms. The molecule has 2 fully saturated rings. The molecular weight excluding hydrogens is 508 g/mol. The van der Waals surface area contributed by atoms with E-state index in [1.165, 1.54) is 0 Å². The first-order valence-electron chi connectivity index (χ1n) is 14.0. The van der Waals surface area contributed by atoms with E-state index in [2.05, 4.69) is 9.88 Å². The zero-order valence-electron chi connectivity index (χ0n) is 22.4. The minimum absolute atomic E-state index is 0.0575. The van der Waals surface area contributed by atoms with Gasteiger partial charge in [0.25, 0.3) is 5.69 Å².